The van der Waals surface area contributed by atoms with Crippen LogP contribution in [-0.4, -0.2) is 34.6 Å². The lowest BCUT2D eigenvalue weighted by Gasteiger charge is -2.27. The van der Waals surface area contributed by atoms with Crippen molar-refractivity contribution in [2.24, 2.45) is 0 Å². The van der Waals surface area contributed by atoms with Gasteiger partial charge in [-0.2, -0.15) is 9.37 Å². The van der Waals surface area contributed by atoms with Crippen molar-refractivity contribution in [3.63, 3.8) is 0 Å². The normalized spacial score (nSPS) is 16.2. The molecule has 0 unspecified atom stereocenters. The third kappa shape index (κ3) is 4.10. The standard InChI is InChI=1S/C18H18Cl2FN5O/c19-10-8-11-13(4-7-27-16(11)12(20)9-10)22-5-1-6-23-18-24-14-2-3-15(21)25-17(14)26-18/h2-3,8-9,13,22H,1,4-7H2,(H2,23,24,25,26)/t13-/m0/s1. The molecule has 0 amide bonds. The van der Waals surface area contributed by atoms with Crippen molar-refractivity contribution in [2.45, 2.75) is 18.9 Å². The number of fused-ring (bicyclic) bond motifs is 2. The fourth-order valence-corrected chi connectivity index (χ4v) is 3.73. The van der Waals surface area contributed by atoms with Gasteiger partial charge in [-0.15, -0.1) is 0 Å². The van der Waals surface area contributed by atoms with E-state index in [0.717, 1.165) is 24.9 Å². The fraction of sp³-hybridized carbons (Fsp3) is 0.333. The Morgan fingerprint density at radius 3 is 3.00 bits per heavy atom. The van der Waals surface area contributed by atoms with Crippen LogP contribution in [-0.2, 0) is 0 Å². The number of pyridine rings is 1. The molecular weight excluding hydrogens is 392 g/mol. The second kappa shape index (κ2) is 7.88. The summed E-state index contributed by atoms with van der Waals surface area (Å²) in [4.78, 5) is 11.1. The van der Waals surface area contributed by atoms with Gasteiger partial charge in [0, 0.05) is 29.6 Å². The number of aromatic amines is 1. The summed E-state index contributed by atoms with van der Waals surface area (Å²) in [5.41, 5.74) is 2.06. The molecule has 27 heavy (non-hydrogen) atoms. The second-order valence-corrected chi connectivity index (χ2v) is 7.16. The summed E-state index contributed by atoms with van der Waals surface area (Å²) >= 11 is 12.3. The molecule has 0 aliphatic carbocycles. The molecule has 1 aliphatic rings. The van der Waals surface area contributed by atoms with Crippen LogP contribution in [0, 0.1) is 5.95 Å². The van der Waals surface area contributed by atoms with Crippen molar-refractivity contribution in [3.8, 4) is 5.75 Å². The minimum absolute atomic E-state index is 0.156. The Morgan fingerprint density at radius 2 is 2.11 bits per heavy atom. The lowest BCUT2D eigenvalue weighted by Crippen LogP contribution is -2.28. The van der Waals surface area contributed by atoms with Gasteiger partial charge in [0.05, 0.1) is 11.6 Å². The molecule has 0 saturated carbocycles. The highest BCUT2D eigenvalue weighted by atomic mass is 35.5. The van der Waals surface area contributed by atoms with E-state index in [1.165, 1.54) is 6.07 Å². The van der Waals surface area contributed by atoms with E-state index in [4.69, 9.17) is 27.9 Å². The number of H-pyrrole nitrogens is 1. The molecule has 6 nitrogen and oxygen atoms in total. The topological polar surface area (TPSA) is 74.9 Å². The number of halogens is 3. The third-order valence-electron chi connectivity index (χ3n) is 4.41. The van der Waals surface area contributed by atoms with Crippen LogP contribution in [0.25, 0.3) is 11.2 Å². The van der Waals surface area contributed by atoms with Crippen molar-refractivity contribution >= 4 is 40.3 Å². The molecule has 1 atom stereocenters. The molecule has 2 aromatic heterocycles. The number of ether oxygens (including phenoxy) is 1. The van der Waals surface area contributed by atoms with Crippen molar-refractivity contribution in [1.82, 2.24) is 20.3 Å². The number of rotatable bonds is 6. The first-order chi connectivity index (χ1) is 13.1. The molecule has 3 aromatic rings. The van der Waals surface area contributed by atoms with Crippen molar-refractivity contribution in [3.05, 3.63) is 45.8 Å². The van der Waals surface area contributed by atoms with Gasteiger partial charge in [-0.25, -0.2) is 4.98 Å². The summed E-state index contributed by atoms with van der Waals surface area (Å²) in [6.07, 6.45) is 1.73. The average Bonchev–Trinajstić information content (AvgIpc) is 3.03. The molecule has 1 aliphatic heterocycles. The van der Waals surface area contributed by atoms with Crippen LogP contribution in [0.3, 0.4) is 0 Å². The van der Waals surface area contributed by atoms with Gasteiger partial charge in [0.25, 0.3) is 0 Å². The lowest BCUT2D eigenvalue weighted by atomic mass is 10.0. The number of hydrogen-bond donors (Lipinski definition) is 3. The molecule has 1 aromatic carbocycles. The van der Waals surface area contributed by atoms with Crippen molar-refractivity contribution in [2.75, 3.05) is 25.0 Å². The quantitative estimate of drug-likeness (QED) is 0.417. The average molecular weight is 410 g/mol. The first-order valence-corrected chi connectivity index (χ1v) is 9.47. The Kier molecular flexibility index (Phi) is 5.33. The Bertz CT molecular complexity index is 964. The summed E-state index contributed by atoms with van der Waals surface area (Å²) in [6, 6.07) is 6.64. The first kappa shape index (κ1) is 18.3. The second-order valence-electron chi connectivity index (χ2n) is 6.32. The molecule has 142 valence electrons. The van der Waals surface area contributed by atoms with Gasteiger partial charge in [0.2, 0.25) is 11.9 Å². The number of imidazole rings is 1. The molecule has 0 bridgehead atoms. The Balaban J connectivity index is 1.29. The van der Waals surface area contributed by atoms with Crippen molar-refractivity contribution in [1.29, 1.82) is 0 Å². The SMILES string of the molecule is Fc1ccc2nc(NCCCN[C@H]3CCOc4c(Cl)cc(Cl)cc43)[nH]c2n1. The number of hydrogen-bond acceptors (Lipinski definition) is 5. The van der Waals surface area contributed by atoms with E-state index in [1.807, 2.05) is 6.07 Å². The highest BCUT2D eigenvalue weighted by Crippen LogP contribution is 2.39. The lowest BCUT2D eigenvalue weighted by molar-refractivity contribution is 0.253. The molecule has 9 heteroatoms. The number of nitrogens with one attached hydrogen (secondary N) is 3. The summed E-state index contributed by atoms with van der Waals surface area (Å²) in [5.74, 6) is 0.766. The summed E-state index contributed by atoms with van der Waals surface area (Å²) in [5, 5.41) is 7.86. The van der Waals surface area contributed by atoms with Gasteiger partial charge in [0.1, 0.15) is 11.3 Å². The zero-order valence-corrected chi connectivity index (χ0v) is 15.9. The Labute approximate surface area is 165 Å². The van der Waals surface area contributed by atoms with Gasteiger partial charge in [-0.05, 0) is 37.2 Å². The van der Waals surface area contributed by atoms with Crippen LogP contribution in [0.15, 0.2) is 24.3 Å². The Hall–Kier alpha value is -2.09. The fourth-order valence-electron chi connectivity index (χ4n) is 3.16. The predicted octanol–water partition coefficient (Wildman–Crippen LogP) is 4.32. The summed E-state index contributed by atoms with van der Waals surface area (Å²) in [6.45, 7) is 2.13. The zero-order valence-electron chi connectivity index (χ0n) is 14.4. The maximum atomic E-state index is 13.1. The van der Waals surface area contributed by atoms with E-state index in [0.29, 0.717) is 46.1 Å². The van der Waals surface area contributed by atoms with Crippen LogP contribution >= 0.6 is 23.2 Å². The zero-order chi connectivity index (χ0) is 18.8. The summed E-state index contributed by atoms with van der Waals surface area (Å²) in [7, 11) is 0. The van der Waals surface area contributed by atoms with E-state index < -0.39 is 5.95 Å². The minimum Gasteiger partial charge on any atom is -0.492 e. The smallest absolute Gasteiger partial charge is 0.214 e. The monoisotopic (exact) mass is 409 g/mol. The molecule has 0 fully saturated rings. The Morgan fingerprint density at radius 1 is 1.22 bits per heavy atom. The molecule has 0 radical (unpaired) electrons. The minimum atomic E-state index is -0.529. The van der Waals surface area contributed by atoms with E-state index in [9.17, 15) is 4.39 Å². The molecule has 3 heterocycles. The van der Waals surface area contributed by atoms with Crippen LogP contribution in [0.5, 0.6) is 5.75 Å². The van der Waals surface area contributed by atoms with Gasteiger partial charge in [0.15, 0.2) is 5.65 Å². The van der Waals surface area contributed by atoms with Crippen LogP contribution in [0.4, 0.5) is 10.3 Å². The van der Waals surface area contributed by atoms with E-state index in [1.54, 1.807) is 12.1 Å². The maximum Gasteiger partial charge on any atom is 0.214 e. The molecule has 3 N–H and O–H groups in total. The highest BCUT2D eigenvalue weighted by Gasteiger charge is 2.23. The third-order valence-corrected chi connectivity index (χ3v) is 4.91. The van der Waals surface area contributed by atoms with E-state index in [2.05, 4.69) is 25.6 Å². The molecule has 0 spiro atoms. The summed E-state index contributed by atoms with van der Waals surface area (Å²) < 4.78 is 18.8. The van der Waals surface area contributed by atoms with E-state index in [-0.39, 0.29) is 6.04 Å². The number of aromatic nitrogens is 3. The van der Waals surface area contributed by atoms with Gasteiger partial charge < -0.3 is 20.4 Å². The maximum absolute atomic E-state index is 13.1. The van der Waals surface area contributed by atoms with Gasteiger partial charge >= 0.3 is 0 Å². The van der Waals surface area contributed by atoms with Gasteiger partial charge in [-0.3, -0.25) is 0 Å². The number of benzene rings is 1. The van der Waals surface area contributed by atoms with Crippen molar-refractivity contribution < 1.29 is 9.13 Å². The molecular formula is C18H18Cl2FN5O. The van der Waals surface area contributed by atoms with Crippen LogP contribution in [0.1, 0.15) is 24.4 Å². The van der Waals surface area contributed by atoms with Crippen LogP contribution in [0.2, 0.25) is 10.0 Å². The van der Waals surface area contributed by atoms with Gasteiger partial charge in [-0.1, -0.05) is 23.2 Å². The highest BCUT2D eigenvalue weighted by molar-refractivity contribution is 6.35. The largest absolute Gasteiger partial charge is 0.492 e. The first-order valence-electron chi connectivity index (χ1n) is 8.71. The molecule has 4 rings (SSSR count). The van der Waals surface area contributed by atoms with Crippen LogP contribution < -0.4 is 15.4 Å². The van der Waals surface area contributed by atoms with E-state index >= 15 is 0 Å². The number of nitrogens with zero attached hydrogens (tertiary/aromatic N) is 2. The molecule has 0 saturated heterocycles. The number of anilines is 1. The predicted molar refractivity (Wildman–Crippen MR) is 104 cm³/mol.